The normalized spacial score (nSPS) is 15.1. The van der Waals surface area contributed by atoms with Crippen molar-refractivity contribution < 1.29 is 17.7 Å². The van der Waals surface area contributed by atoms with E-state index in [0.29, 0.717) is 5.56 Å². The molecule has 0 saturated carbocycles. The summed E-state index contributed by atoms with van der Waals surface area (Å²) < 4.78 is 46.1. The molecule has 0 spiro atoms. The fourth-order valence-corrected chi connectivity index (χ4v) is 2.32. The number of benzene rings is 1. The Hall–Kier alpha value is -1.01. The van der Waals surface area contributed by atoms with Crippen molar-refractivity contribution in [2.45, 2.75) is 38.5 Å². The lowest BCUT2D eigenvalue weighted by Crippen LogP contribution is -2.35. The Kier molecular flexibility index (Phi) is 5.04. The Morgan fingerprint density at radius 1 is 1.32 bits per heavy atom. The molecule has 1 rings (SSSR count). The van der Waals surface area contributed by atoms with Gasteiger partial charge in [-0.25, -0.2) is 17.7 Å². The number of hydrogen-bond donors (Lipinski definition) is 1. The summed E-state index contributed by atoms with van der Waals surface area (Å²) >= 11 is 0. The minimum atomic E-state index is -1.34. The van der Waals surface area contributed by atoms with Crippen LogP contribution < -0.4 is 9.46 Å². The molecule has 1 aromatic rings. The van der Waals surface area contributed by atoms with Crippen LogP contribution in [0.4, 0.5) is 8.78 Å². The topological polar surface area (TPSA) is 38.3 Å². The van der Waals surface area contributed by atoms with Crippen molar-refractivity contribution in [3.8, 4) is 5.75 Å². The van der Waals surface area contributed by atoms with E-state index in [2.05, 4.69) is 4.72 Å². The maximum atomic E-state index is 13.6. The summed E-state index contributed by atoms with van der Waals surface area (Å²) in [5.74, 6) is -1.50. The quantitative estimate of drug-likeness (QED) is 0.926. The summed E-state index contributed by atoms with van der Waals surface area (Å²) in [5.41, 5.74) is 0.303. The van der Waals surface area contributed by atoms with Gasteiger partial charge in [0.1, 0.15) is 5.82 Å². The van der Waals surface area contributed by atoms with E-state index in [1.54, 1.807) is 6.92 Å². The molecular formula is C13H19F2NO2S. The first kappa shape index (κ1) is 16.0. The van der Waals surface area contributed by atoms with Crippen LogP contribution in [0.1, 0.15) is 39.3 Å². The zero-order valence-electron chi connectivity index (χ0n) is 11.7. The smallest absolute Gasteiger partial charge is 0.168 e. The van der Waals surface area contributed by atoms with Crippen molar-refractivity contribution in [1.82, 2.24) is 4.72 Å². The Bertz CT molecular complexity index is 486. The van der Waals surface area contributed by atoms with Crippen LogP contribution in [-0.2, 0) is 11.0 Å². The van der Waals surface area contributed by atoms with E-state index in [-0.39, 0.29) is 5.75 Å². The summed E-state index contributed by atoms with van der Waals surface area (Å²) in [6.07, 6.45) is 0. The molecule has 0 aromatic heterocycles. The predicted molar refractivity (Wildman–Crippen MR) is 72.4 cm³/mol. The molecular weight excluding hydrogens is 272 g/mol. The van der Waals surface area contributed by atoms with E-state index < -0.39 is 33.4 Å². The van der Waals surface area contributed by atoms with Crippen molar-refractivity contribution in [3.63, 3.8) is 0 Å². The minimum Gasteiger partial charge on any atom is -0.493 e. The molecule has 3 nitrogen and oxygen atoms in total. The Balaban J connectivity index is 3.06. The van der Waals surface area contributed by atoms with Gasteiger partial charge >= 0.3 is 0 Å². The lowest BCUT2D eigenvalue weighted by Gasteiger charge is -2.23. The van der Waals surface area contributed by atoms with Gasteiger partial charge in [0.15, 0.2) is 11.6 Å². The molecule has 0 heterocycles. The van der Waals surface area contributed by atoms with Gasteiger partial charge in [-0.3, -0.25) is 0 Å². The van der Waals surface area contributed by atoms with E-state index >= 15 is 0 Å². The highest BCUT2D eigenvalue weighted by molar-refractivity contribution is 7.84. The van der Waals surface area contributed by atoms with Crippen LogP contribution in [0.25, 0.3) is 0 Å². The van der Waals surface area contributed by atoms with Gasteiger partial charge in [0.05, 0.1) is 22.8 Å². The van der Waals surface area contributed by atoms with E-state index in [4.69, 9.17) is 4.74 Å². The SMILES string of the molecule is COc1c(F)cc(F)cc1C(C)NS(=O)C(C)(C)C. The lowest BCUT2D eigenvalue weighted by atomic mass is 10.1. The second kappa shape index (κ2) is 5.96. The summed E-state index contributed by atoms with van der Waals surface area (Å²) in [4.78, 5) is 0. The monoisotopic (exact) mass is 291 g/mol. The van der Waals surface area contributed by atoms with E-state index in [1.165, 1.54) is 13.2 Å². The van der Waals surface area contributed by atoms with Gasteiger partial charge in [0, 0.05) is 17.7 Å². The molecule has 0 aliphatic carbocycles. The van der Waals surface area contributed by atoms with Crippen LogP contribution in [0.5, 0.6) is 5.75 Å². The van der Waals surface area contributed by atoms with Gasteiger partial charge in [-0.2, -0.15) is 0 Å². The van der Waals surface area contributed by atoms with E-state index in [9.17, 15) is 13.0 Å². The molecule has 0 radical (unpaired) electrons. The fraction of sp³-hybridized carbons (Fsp3) is 0.538. The molecule has 2 atom stereocenters. The molecule has 0 aliphatic rings. The molecule has 1 N–H and O–H groups in total. The molecule has 0 aliphatic heterocycles. The molecule has 2 unspecified atom stereocenters. The molecule has 6 heteroatoms. The van der Waals surface area contributed by atoms with Crippen molar-refractivity contribution >= 4 is 11.0 Å². The lowest BCUT2D eigenvalue weighted by molar-refractivity contribution is 0.374. The molecule has 108 valence electrons. The number of ether oxygens (including phenoxy) is 1. The molecule has 0 fully saturated rings. The molecule has 0 amide bonds. The predicted octanol–water partition coefficient (Wildman–Crippen LogP) is 3.09. The first-order valence-electron chi connectivity index (χ1n) is 5.87. The van der Waals surface area contributed by atoms with Crippen LogP contribution in [0.2, 0.25) is 0 Å². The maximum Gasteiger partial charge on any atom is 0.168 e. The van der Waals surface area contributed by atoms with Gasteiger partial charge < -0.3 is 4.74 Å². The van der Waals surface area contributed by atoms with Gasteiger partial charge in [-0.1, -0.05) is 0 Å². The Labute approximate surface area is 114 Å². The number of methoxy groups -OCH3 is 1. The van der Waals surface area contributed by atoms with Crippen molar-refractivity contribution in [2.24, 2.45) is 0 Å². The Morgan fingerprint density at radius 3 is 2.37 bits per heavy atom. The third-order valence-electron chi connectivity index (χ3n) is 2.55. The first-order chi connectivity index (χ1) is 8.66. The van der Waals surface area contributed by atoms with Crippen molar-refractivity contribution in [1.29, 1.82) is 0 Å². The largest absolute Gasteiger partial charge is 0.493 e. The number of halogens is 2. The summed E-state index contributed by atoms with van der Waals surface area (Å²) in [5, 5.41) is 0. The fourth-order valence-electron chi connectivity index (χ4n) is 1.52. The molecule has 19 heavy (non-hydrogen) atoms. The van der Waals surface area contributed by atoms with Crippen LogP contribution in [-0.4, -0.2) is 16.1 Å². The first-order valence-corrected chi connectivity index (χ1v) is 7.02. The Morgan fingerprint density at radius 2 is 1.89 bits per heavy atom. The van der Waals surface area contributed by atoms with Crippen LogP contribution in [0, 0.1) is 11.6 Å². The van der Waals surface area contributed by atoms with Crippen LogP contribution in [0.3, 0.4) is 0 Å². The van der Waals surface area contributed by atoms with E-state index in [0.717, 1.165) is 6.07 Å². The van der Waals surface area contributed by atoms with Crippen molar-refractivity contribution in [2.75, 3.05) is 7.11 Å². The average Bonchev–Trinajstić information content (AvgIpc) is 2.26. The van der Waals surface area contributed by atoms with Crippen molar-refractivity contribution in [3.05, 3.63) is 29.3 Å². The number of rotatable bonds is 4. The number of hydrogen-bond acceptors (Lipinski definition) is 2. The summed E-state index contributed by atoms with van der Waals surface area (Å²) in [6, 6.07) is 1.44. The zero-order valence-corrected chi connectivity index (χ0v) is 12.5. The highest BCUT2D eigenvalue weighted by atomic mass is 32.2. The molecule has 0 bridgehead atoms. The zero-order chi connectivity index (χ0) is 14.8. The van der Waals surface area contributed by atoms with Crippen LogP contribution in [0.15, 0.2) is 12.1 Å². The summed E-state index contributed by atoms with van der Waals surface area (Å²) in [7, 11) is -0.0291. The van der Waals surface area contributed by atoms with E-state index in [1.807, 2.05) is 20.8 Å². The second-order valence-corrected chi connectivity index (χ2v) is 7.23. The highest BCUT2D eigenvalue weighted by Crippen LogP contribution is 2.30. The summed E-state index contributed by atoms with van der Waals surface area (Å²) in [6.45, 7) is 7.12. The standard InChI is InChI=1S/C13H19F2NO2S/c1-8(16-19(17)13(2,3)4)10-6-9(14)7-11(15)12(10)18-5/h6-8,16H,1-5H3. The van der Waals surface area contributed by atoms with Gasteiger partial charge in [0.2, 0.25) is 0 Å². The molecule has 1 aromatic carbocycles. The highest BCUT2D eigenvalue weighted by Gasteiger charge is 2.24. The molecule has 0 saturated heterocycles. The third kappa shape index (κ3) is 3.98. The average molecular weight is 291 g/mol. The van der Waals surface area contributed by atoms with Crippen LogP contribution >= 0.6 is 0 Å². The third-order valence-corrected chi connectivity index (χ3v) is 4.23. The van der Waals surface area contributed by atoms with Gasteiger partial charge in [-0.15, -0.1) is 0 Å². The van der Waals surface area contributed by atoms with Gasteiger partial charge in [0.25, 0.3) is 0 Å². The maximum absolute atomic E-state index is 13.6. The minimum absolute atomic E-state index is 0.0349. The number of nitrogens with one attached hydrogen (secondary N) is 1. The van der Waals surface area contributed by atoms with Gasteiger partial charge in [-0.05, 0) is 33.8 Å². The second-order valence-electron chi connectivity index (χ2n) is 5.23.